The number of rotatable bonds is 5. The molecule has 0 spiro atoms. The molecule has 19 heavy (non-hydrogen) atoms. The second kappa shape index (κ2) is 6.14. The summed E-state index contributed by atoms with van der Waals surface area (Å²) in [5.74, 6) is -4.96. The van der Waals surface area contributed by atoms with Gasteiger partial charge < -0.3 is 15.5 Å². The van der Waals surface area contributed by atoms with Crippen molar-refractivity contribution in [2.24, 2.45) is 0 Å². The molecule has 0 radical (unpaired) electrons. The summed E-state index contributed by atoms with van der Waals surface area (Å²) in [4.78, 5) is 32.9. The Bertz CT molecular complexity index is 514. The minimum Gasteiger partial charge on any atom is -0.481 e. The van der Waals surface area contributed by atoms with E-state index in [0.29, 0.717) is 0 Å². The Kier molecular flexibility index (Phi) is 4.82. The zero-order valence-corrected chi connectivity index (χ0v) is 10.1. The lowest BCUT2D eigenvalue weighted by Gasteiger charge is -2.13. The van der Waals surface area contributed by atoms with Crippen molar-refractivity contribution < 1.29 is 29.0 Å². The number of hydrogen-bond donors (Lipinski definition) is 3. The fourth-order valence-corrected chi connectivity index (χ4v) is 1.57. The molecule has 1 rings (SSSR count). The topological polar surface area (TPSA) is 104 Å². The van der Waals surface area contributed by atoms with Crippen LogP contribution < -0.4 is 5.32 Å². The molecular weight excluding hydrogens is 281 g/mol. The summed E-state index contributed by atoms with van der Waals surface area (Å²) in [5.41, 5.74) is -0.527. The first-order chi connectivity index (χ1) is 8.82. The predicted octanol–water partition coefficient (Wildman–Crippen LogP) is 1.14. The lowest BCUT2D eigenvalue weighted by molar-refractivity contribution is -0.145. The van der Waals surface area contributed by atoms with Crippen molar-refractivity contribution in [3.05, 3.63) is 34.6 Å². The van der Waals surface area contributed by atoms with E-state index in [-0.39, 0.29) is 5.02 Å². The second-order valence-corrected chi connectivity index (χ2v) is 3.97. The summed E-state index contributed by atoms with van der Waals surface area (Å²) >= 11 is 5.63. The monoisotopic (exact) mass is 289 g/mol. The number of carbonyl (C=O) groups is 3. The van der Waals surface area contributed by atoms with Crippen molar-refractivity contribution >= 4 is 29.4 Å². The molecular formula is C11H9ClFNO5. The van der Waals surface area contributed by atoms with Gasteiger partial charge in [0.15, 0.2) is 0 Å². The maximum absolute atomic E-state index is 13.4. The highest BCUT2D eigenvalue weighted by Gasteiger charge is 2.25. The van der Waals surface area contributed by atoms with Gasteiger partial charge in [0.25, 0.3) is 5.91 Å². The highest BCUT2D eigenvalue weighted by atomic mass is 35.5. The van der Waals surface area contributed by atoms with Gasteiger partial charge in [0, 0.05) is 0 Å². The van der Waals surface area contributed by atoms with Crippen LogP contribution in [0.3, 0.4) is 0 Å². The summed E-state index contributed by atoms with van der Waals surface area (Å²) in [5, 5.41) is 19.0. The highest BCUT2D eigenvalue weighted by Crippen LogP contribution is 2.18. The third kappa shape index (κ3) is 3.92. The lowest BCUT2D eigenvalue weighted by Crippen LogP contribution is -2.42. The van der Waals surface area contributed by atoms with Crippen LogP contribution in [0.25, 0.3) is 0 Å². The van der Waals surface area contributed by atoms with E-state index in [9.17, 15) is 18.8 Å². The van der Waals surface area contributed by atoms with Gasteiger partial charge >= 0.3 is 11.9 Å². The minimum atomic E-state index is -1.67. The van der Waals surface area contributed by atoms with Crippen LogP contribution in [0.15, 0.2) is 18.2 Å². The van der Waals surface area contributed by atoms with Crippen molar-refractivity contribution in [3.8, 4) is 0 Å². The number of carboxylic acids is 2. The van der Waals surface area contributed by atoms with Crippen molar-refractivity contribution in [2.75, 3.05) is 0 Å². The van der Waals surface area contributed by atoms with E-state index in [2.05, 4.69) is 0 Å². The number of amides is 1. The van der Waals surface area contributed by atoms with E-state index in [0.717, 1.165) is 6.07 Å². The molecule has 0 aliphatic heterocycles. The first-order valence-electron chi connectivity index (χ1n) is 5.02. The van der Waals surface area contributed by atoms with Crippen LogP contribution >= 0.6 is 11.6 Å². The molecule has 102 valence electrons. The van der Waals surface area contributed by atoms with Gasteiger partial charge in [0.05, 0.1) is 17.0 Å². The Hall–Kier alpha value is -2.15. The van der Waals surface area contributed by atoms with E-state index in [1.54, 1.807) is 0 Å². The largest absolute Gasteiger partial charge is 0.481 e. The van der Waals surface area contributed by atoms with Gasteiger partial charge in [-0.05, 0) is 12.1 Å². The van der Waals surface area contributed by atoms with Crippen LogP contribution in [0.4, 0.5) is 4.39 Å². The minimum absolute atomic E-state index is 0.197. The second-order valence-electron chi connectivity index (χ2n) is 3.56. The SMILES string of the molecule is O=C(O)CC(NC(=O)c1c(F)cccc1Cl)C(=O)O. The fraction of sp³-hybridized carbons (Fsp3) is 0.182. The quantitative estimate of drug-likeness (QED) is 0.754. The third-order valence-electron chi connectivity index (χ3n) is 2.17. The number of benzene rings is 1. The Morgan fingerprint density at radius 1 is 1.32 bits per heavy atom. The maximum atomic E-state index is 13.4. The molecule has 1 amide bonds. The number of nitrogens with one attached hydrogen (secondary N) is 1. The first-order valence-corrected chi connectivity index (χ1v) is 5.40. The molecule has 1 atom stereocenters. The number of hydrogen-bond acceptors (Lipinski definition) is 3. The predicted molar refractivity (Wildman–Crippen MR) is 62.6 cm³/mol. The molecule has 0 aromatic heterocycles. The Morgan fingerprint density at radius 2 is 1.95 bits per heavy atom. The van der Waals surface area contributed by atoms with Crippen LogP contribution in [-0.2, 0) is 9.59 Å². The molecule has 8 heteroatoms. The van der Waals surface area contributed by atoms with E-state index in [1.807, 2.05) is 5.32 Å². The number of halogens is 2. The molecule has 1 aromatic carbocycles. The molecule has 0 aliphatic carbocycles. The van der Waals surface area contributed by atoms with E-state index in [1.165, 1.54) is 12.1 Å². The smallest absolute Gasteiger partial charge is 0.326 e. The van der Waals surface area contributed by atoms with Crippen molar-refractivity contribution in [1.29, 1.82) is 0 Å². The summed E-state index contributed by atoms with van der Waals surface area (Å²) in [6, 6.07) is 1.85. The number of carboxylic acid groups (broad SMARTS) is 2. The van der Waals surface area contributed by atoms with Crippen LogP contribution in [0.2, 0.25) is 5.02 Å². The Balaban J connectivity index is 2.94. The molecule has 3 N–H and O–H groups in total. The summed E-state index contributed by atoms with van der Waals surface area (Å²) < 4.78 is 13.4. The van der Waals surface area contributed by atoms with Crippen LogP contribution in [-0.4, -0.2) is 34.1 Å². The molecule has 0 aliphatic rings. The Labute approximate surface area is 111 Å². The number of carbonyl (C=O) groups excluding carboxylic acids is 1. The van der Waals surface area contributed by atoms with Crippen LogP contribution in [0.5, 0.6) is 0 Å². The average molecular weight is 290 g/mol. The normalized spacial score (nSPS) is 11.7. The molecule has 0 saturated carbocycles. The van der Waals surface area contributed by atoms with E-state index < -0.39 is 41.7 Å². The third-order valence-corrected chi connectivity index (χ3v) is 2.49. The molecule has 1 aromatic rings. The van der Waals surface area contributed by atoms with Crippen LogP contribution in [0, 0.1) is 5.82 Å². The van der Waals surface area contributed by atoms with Gasteiger partial charge in [-0.25, -0.2) is 9.18 Å². The van der Waals surface area contributed by atoms with E-state index in [4.69, 9.17) is 21.8 Å². The zero-order chi connectivity index (χ0) is 14.6. The first kappa shape index (κ1) is 14.9. The van der Waals surface area contributed by atoms with Crippen molar-refractivity contribution in [2.45, 2.75) is 12.5 Å². The van der Waals surface area contributed by atoms with Gasteiger partial charge in [-0.3, -0.25) is 9.59 Å². The molecule has 0 bridgehead atoms. The van der Waals surface area contributed by atoms with E-state index >= 15 is 0 Å². The van der Waals surface area contributed by atoms with Gasteiger partial charge in [0.2, 0.25) is 0 Å². The Morgan fingerprint density at radius 3 is 2.42 bits per heavy atom. The highest BCUT2D eigenvalue weighted by molar-refractivity contribution is 6.33. The zero-order valence-electron chi connectivity index (χ0n) is 9.39. The van der Waals surface area contributed by atoms with Crippen LogP contribution in [0.1, 0.15) is 16.8 Å². The summed E-state index contributed by atoms with van der Waals surface area (Å²) in [6.45, 7) is 0. The average Bonchev–Trinajstić information content (AvgIpc) is 2.27. The van der Waals surface area contributed by atoms with Crippen molar-refractivity contribution in [1.82, 2.24) is 5.32 Å². The molecule has 6 nitrogen and oxygen atoms in total. The maximum Gasteiger partial charge on any atom is 0.326 e. The molecule has 0 saturated heterocycles. The lowest BCUT2D eigenvalue weighted by atomic mass is 10.1. The molecule has 1 unspecified atom stereocenters. The summed E-state index contributed by atoms with van der Waals surface area (Å²) in [6.07, 6.45) is -0.826. The fourth-order valence-electron chi connectivity index (χ4n) is 1.32. The summed E-state index contributed by atoms with van der Waals surface area (Å²) in [7, 11) is 0. The van der Waals surface area contributed by atoms with Crippen molar-refractivity contribution in [3.63, 3.8) is 0 Å². The van der Waals surface area contributed by atoms with Gasteiger partial charge in [-0.1, -0.05) is 17.7 Å². The van der Waals surface area contributed by atoms with Gasteiger partial charge in [-0.15, -0.1) is 0 Å². The van der Waals surface area contributed by atoms with Gasteiger partial charge in [0.1, 0.15) is 11.9 Å². The van der Waals surface area contributed by atoms with Gasteiger partial charge in [-0.2, -0.15) is 0 Å². The standard InChI is InChI=1S/C11H9ClFNO5/c12-5-2-1-3-6(13)9(5)10(17)14-7(11(18)19)4-8(15)16/h1-3,7H,4H2,(H,14,17)(H,15,16)(H,18,19). The molecule has 0 heterocycles. The number of aliphatic carboxylic acids is 2. The molecule has 0 fully saturated rings.